The van der Waals surface area contributed by atoms with E-state index in [1.165, 1.54) is 4.68 Å². The lowest BCUT2D eigenvalue weighted by atomic mass is 10.0. The highest BCUT2D eigenvalue weighted by atomic mass is 35.5. The molecule has 20 heavy (non-hydrogen) atoms. The van der Waals surface area contributed by atoms with Crippen LogP contribution in [0.2, 0.25) is 5.15 Å². The first-order valence-electron chi connectivity index (χ1n) is 6.65. The van der Waals surface area contributed by atoms with Crippen LogP contribution in [0.5, 0.6) is 0 Å². The number of amides is 2. The molecule has 0 atom stereocenters. The maximum absolute atomic E-state index is 12.3. The molecule has 0 bridgehead atoms. The van der Waals surface area contributed by atoms with Gasteiger partial charge in [0.25, 0.3) is 5.91 Å². The van der Waals surface area contributed by atoms with Crippen molar-refractivity contribution in [2.75, 3.05) is 13.1 Å². The van der Waals surface area contributed by atoms with Gasteiger partial charge in [0, 0.05) is 33.1 Å². The van der Waals surface area contributed by atoms with E-state index in [0.717, 1.165) is 12.8 Å². The highest BCUT2D eigenvalue weighted by Gasteiger charge is 2.25. The number of aryl methyl sites for hydroxylation is 2. The molecule has 0 spiro atoms. The van der Waals surface area contributed by atoms with Gasteiger partial charge in [-0.05, 0) is 19.8 Å². The zero-order valence-electron chi connectivity index (χ0n) is 11.9. The zero-order chi connectivity index (χ0) is 14.9. The van der Waals surface area contributed by atoms with Crippen LogP contribution in [-0.4, -0.2) is 45.6 Å². The highest BCUT2D eigenvalue weighted by Crippen LogP contribution is 2.19. The first-order chi connectivity index (χ1) is 9.40. The molecule has 1 saturated heterocycles. The van der Waals surface area contributed by atoms with Gasteiger partial charge in [-0.3, -0.25) is 14.3 Å². The van der Waals surface area contributed by atoms with Crippen LogP contribution >= 0.6 is 11.6 Å². The number of halogens is 1. The Morgan fingerprint density at radius 3 is 2.40 bits per heavy atom. The van der Waals surface area contributed by atoms with Gasteiger partial charge < -0.3 is 10.2 Å². The molecule has 2 rings (SSSR count). The molecule has 6 nitrogen and oxygen atoms in total. The van der Waals surface area contributed by atoms with Gasteiger partial charge in [-0.2, -0.15) is 5.10 Å². The minimum Gasteiger partial charge on any atom is -0.349 e. The van der Waals surface area contributed by atoms with E-state index in [2.05, 4.69) is 10.4 Å². The molecular formula is C13H19ClN4O2. The van der Waals surface area contributed by atoms with E-state index in [-0.39, 0.29) is 17.9 Å². The van der Waals surface area contributed by atoms with Gasteiger partial charge in [-0.1, -0.05) is 11.6 Å². The summed E-state index contributed by atoms with van der Waals surface area (Å²) in [4.78, 5) is 25.3. The molecule has 0 unspecified atom stereocenters. The molecule has 0 aliphatic carbocycles. The quantitative estimate of drug-likeness (QED) is 0.890. The molecule has 7 heteroatoms. The van der Waals surface area contributed by atoms with E-state index in [4.69, 9.17) is 11.6 Å². The third-order valence-corrected chi connectivity index (χ3v) is 4.09. The van der Waals surface area contributed by atoms with Crippen molar-refractivity contribution in [3.8, 4) is 0 Å². The van der Waals surface area contributed by atoms with Gasteiger partial charge >= 0.3 is 0 Å². The average Bonchev–Trinajstić information content (AvgIpc) is 2.63. The van der Waals surface area contributed by atoms with Gasteiger partial charge in [0.2, 0.25) is 5.91 Å². The molecule has 1 aliphatic rings. The summed E-state index contributed by atoms with van der Waals surface area (Å²) < 4.78 is 1.49. The van der Waals surface area contributed by atoms with Crippen LogP contribution in [0.25, 0.3) is 0 Å². The number of piperidine rings is 1. The first kappa shape index (κ1) is 14.8. The molecule has 0 saturated carbocycles. The predicted molar refractivity (Wildman–Crippen MR) is 75.7 cm³/mol. The van der Waals surface area contributed by atoms with Gasteiger partial charge in [0.1, 0.15) is 5.15 Å². The maximum atomic E-state index is 12.3. The summed E-state index contributed by atoms with van der Waals surface area (Å²) in [6.45, 7) is 4.69. The number of nitrogens with zero attached hydrogens (tertiary/aromatic N) is 3. The number of hydrogen-bond donors (Lipinski definition) is 1. The van der Waals surface area contributed by atoms with E-state index in [0.29, 0.717) is 29.5 Å². The van der Waals surface area contributed by atoms with Crippen LogP contribution in [0.1, 0.15) is 35.8 Å². The lowest BCUT2D eigenvalue weighted by Gasteiger charge is -2.31. The molecule has 110 valence electrons. The molecule has 0 aromatic carbocycles. The SMILES string of the molecule is CC(=O)N1CCC(NC(=O)c2c(C)nn(C)c2Cl)CC1. The summed E-state index contributed by atoms with van der Waals surface area (Å²) in [5.74, 6) is -0.109. The molecule has 1 N–H and O–H groups in total. The minimum absolute atomic E-state index is 0.0776. The van der Waals surface area contributed by atoms with Crippen molar-refractivity contribution in [2.24, 2.45) is 7.05 Å². The summed E-state index contributed by atoms with van der Waals surface area (Å²) in [5.41, 5.74) is 1.05. The number of rotatable bonds is 2. The van der Waals surface area contributed by atoms with E-state index >= 15 is 0 Å². The summed E-state index contributed by atoms with van der Waals surface area (Å²) in [6, 6.07) is 0.0776. The molecule has 1 aromatic rings. The topological polar surface area (TPSA) is 67.2 Å². The molecule has 2 heterocycles. The standard InChI is InChI=1S/C13H19ClN4O2/c1-8-11(12(14)17(3)16-8)13(20)15-10-4-6-18(7-5-10)9(2)19/h10H,4-7H2,1-3H3,(H,15,20). The number of carbonyl (C=O) groups excluding carboxylic acids is 2. The average molecular weight is 299 g/mol. The second kappa shape index (κ2) is 5.83. The van der Waals surface area contributed by atoms with Gasteiger partial charge in [0.05, 0.1) is 11.3 Å². The van der Waals surface area contributed by atoms with Crippen LogP contribution in [-0.2, 0) is 11.8 Å². The predicted octanol–water partition coefficient (Wildman–Crippen LogP) is 1.12. The first-order valence-corrected chi connectivity index (χ1v) is 7.03. The van der Waals surface area contributed by atoms with Crippen molar-refractivity contribution in [3.63, 3.8) is 0 Å². The van der Waals surface area contributed by atoms with E-state index < -0.39 is 0 Å². The van der Waals surface area contributed by atoms with Crippen LogP contribution in [0.15, 0.2) is 0 Å². The smallest absolute Gasteiger partial charge is 0.256 e. The number of likely N-dealkylation sites (tertiary alicyclic amines) is 1. The second-order valence-corrected chi connectivity index (χ2v) is 5.49. The van der Waals surface area contributed by atoms with Crippen molar-refractivity contribution < 1.29 is 9.59 Å². The largest absolute Gasteiger partial charge is 0.349 e. The lowest BCUT2D eigenvalue weighted by molar-refractivity contribution is -0.129. The highest BCUT2D eigenvalue weighted by molar-refractivity contribution is 6.33. The second-order valence-electron chi connectivity index (χ2n) is 5.13. The Bertz CT molecular complexity index is 533. The fraction of sp³-hybridized carbons (Fsp3) is 0.615. The number of aromatic nitrogens is 2. The Kier molecular flexibility index (Phi) is 4.32. The Morgan fingerprint density at radius 2 is 1.95 bits per heavy atom. The normalized spacial score (nSPS) is 16.3. The van der Waals surface area contributed by atoms with Crippen molar-refractivity contribution in [3.05, 3.63) is 16.4 Å². The summed E-state index contributed by atoms with van der Waals surface area (Å²) in [7, 11) is 1.71. The Hall–Kier alpha value is -1.56. The Labute approximate surface area is 123 Å². The zero-order valence-corrected chi connectivity index (χ0v) is 12.7. The Morgan fingerprint density at radius 1 is 1.35 bits per heavy atom. The van der Waals surface area contributed by atoms with Crippen LogP contribution in [0, 0.1) is 6.92 Å². The van der Waals surface area contributed by atoms with Gasteiger partial charge in [0.15, 0.2) is 0 Å². The monoisotopic (exact) mass is 298 g/mol. The van der Waals surface area contributed by atoms with Gasteiger partial charge in [-0.15, -0.1) is 0 Å². The summed E-state index contributed by atoms with van der Waals surface area (Å²) in [6.07, 6.45) is 1.53. The third kappa shape index (κ3) is 2.95. The molecule has 1 fully saturated rings. The fourth-order valence-electron chi connectivity index (χ4n) is 2.48. The third-order valence-electron chi connectivity index (χ3n) is 3.65. The van der Waals surface area contributed by atoms with E-state index in [1.807, 2.05) is 0 Å². The van der Waals surface area contributed by atoms with Crippen molar-refractivity contribution in [2.45, 2.75) is 32.7 Å². The van der Waals surface area contributed by atoms with Crippen LogP contribution < -0.4 is 5.32 Å². The number of hydrogen-bond acceptors (Lipinski definition) is 3. The van der Waals surface area contributed by atoms with Crippen LogP contribution in [0.4, 0.5) is 0 Å². The summed E-state index contributed by atoms with van der Waals surface area (Å²) in [5, 5.41) is 7.45. The fourth-order valence-corrected chi connectivity index (χ4v) is 2.74. The van der Waals surface area contributed by atoms with Crippen molar-refractivity contribution in [1.82, 2.24) is 20.0 Å². The molecule has 1 aliphatic heterocycles. The van der Waals surface area contributed by atoms with Crippen molar-refractivity contribution >= 4 is 23.4 Å². The van der Waals surface area contributed by atoms with Crippen LogP contribution in [0.3, 0.4) is 0 Å². The lowest BCUT2D eigenvalue weighted by Crippen LogP contribution is -2.46. The number of nitrogens with one attached hydrogen (secondary N) is 1. The van der Waals surface area contributed by atoms with E-state index in [9.17, 15) is 9.59 Å². The number of carbonyl (C=O) groups is 2. The molecule has 0 radical (unpaired) electrons. The molecular weight excluding hydrogens is 280 g/mol. The Balaban J connectivity index is 1.98. The van der Waals surface area contributed by atoms with Gasteiger partial charge in [-0.25, -0.2) is 0 Å². The minimum atomic E-state index is -0.193. The summed E-state index contributed by atoms with van der Waals surface area (Å²) >= 11 is 6.08. The van der Waals surface area contributed by atoms with E-state index in [1.54, 1.807) is 25.8 Å². The molecule has 2 amide bonds. The maximum Gasteiger partial charge on any atom is 0.256 e. The van der Waals surface area contributed by atoms with Crippen molar-refractivity contribution in [1.29, 1.82) is 0 Å². The molecule has 1 aromatic heterocycles.